The minimum Gasteiger partial charge on any atom is -0.481 e. The lowest BCUT2D eigenvalue weighted by Crippen LogP contribution is -2.42. The number of fused-ring (bicyclic) bond motifs is 1. The Morgan fingerprint density at radius 3 is 2.83 bits per heavy atom. The van der Waals surface area contributed by atoms with E-state index in [9.17, 15) is 14.4 Å². The number of nitrogens with one attached hydrogen (secondary N) is 1. The first-order valence-electron chi connectivity index (χ1n) is 7.30. The number of hydrogen-bond donors (Lipinski definition) is 2. The lowest BCUT2D eigenvalue weighted by Gasteiger charge is -2.30. The quantitative estimate of drug-likeness (QED) is 0.837. The number of H-pyrrole nitrogens is 1. The monoisotopic (exact) mass is 378 g/mol. The molecule has 0 saturated carbocycles. The van der Waals surface area contributed by atoms with Crippen LogP contribution in [-0.4, -0.2) is 40.0 Å². The summed E-state index contributed by atoms with van der Waals surface area (Å²) < 4.78 is 0.787. The molecule has 2 aromatic rings. The Bertz CT molecular complexity index is 846. The molecule has 0 radical (unpaired) electrons. The number of hydrogen-bond acceptors (Lipinski definition) is 3. The zero-order valence-corrected chi connectivity index (χ0v) is 13.8. The van der Waals surface area contributed by atoms with Crippen molar-refractivity contribution in [2.45, 2.75) is 12.8 Å². The van der Waals surface area contributed by atoms with Crippen LogP contribution in [0.1, 0.15) is 23.3 Å². The molecule has 1 amide bonds. The second-order valence-corrected chi connectivity index (χ2v) is 6.58. The zero-order chi connectivity index (χ0) is 16.6. The second-order valence-electron chi connectivity index (χ2n) is 5.67. The summed E-state index contributed by atoms with van der Waals surface area (Å²) in [5.41, 5.74) is 0.530. The Morgan fingerprint density at radius 1 is 1.30 bits per heavy atom. The van der Waals surface area contributed by atoms with E-state index in [0.29, 0.717) is 30.3 Å². The summed E-state index contributed by atoms with van der Waals surface area (Å²) in [5.74, 6) is -1.77. The van der Waals surface area contributed by atoms with E-state index in [4.69, 9.17) is 5.11 Å². The standard InChI is InChI=1S/C16H15BrN2O4/c17-10-3-4-12-11(6-10)14(20)7-13(18-12)15(21)19-5-1-2-9(8-19)16(22)23/h3-4,6-7,9H,1-2,5,8H2,(H,18,20)(H,22,23). The van der Waals surface area contributed by atoms with Crippen LogP contribution < -0.4 is 5.43 Å². The van der Waals surface area contributed by atoms with Crippen molar-refractivity contribution in [2.75, 3.05) is 13.1 Å². The van der Waals surface area contributed by atoms with E-state index in [1.54, 1.807) is 18.2 Å². The van der Waals surface area contributed by atoms with Crippen LogP contribution in [0.25, 0.3) is 10.9 Å². The summed E-state index contributed by atoms with van der Waals surface area (Å²) in [6.07, 6.45) is 1.22. The molecule has 1 saturated heterocycles. The van der Waals surface area contributed by atoms with Crippen molar-refractivity contribution in [3.8, 4) is 0 Å². The van der Waals surface area contributed by atoms with Gasteiger partial charge in [0.05, 0.1) is 5.92 Å². The number of aromatic nitrogens is 1. The molecule has 0 bridgehead atoms. The van der Waals surface area contributed by atoms with Gasteiger partial charge in [0.2, 0.25) is 0 Å². The summed E-state index contributed by atoms with van der Waals surface area (Å²) in [6, 6.07) is 6.49. The van der Waals surface area contributed by atoms with Crippen molar-refractivity contribution in [1.82, 2.24) is 9.88 Å². The molecule has 1 unspecified atom stereocenters. The van der Waals surface area contributed by atoms with Crippen LogP contribution in [0.5, 0.6) is 0 Å². The van der Waals surface area contributed by atoms with Crippen molar-refractivity contribution in [3.05, 3.63) is 44.7 Å². The number of carbonyl (C=O) groups is 2. The zero-order valence-electron chi connectivity index (χ0n) is 12.2. The van der Waals surface area contributed by atoms with E-state index in [1.165, 1.54) is 11.0 Å². The Labute approximate surface area is 140 Å². The van der Waals surface area contributed by atoms with E-state index in [1.807, 2.05) is 0 Å². The Kier molecular flexibility index (Phi) is 4.21. The van der Waals surface area contributed by atoms with Crippen molar-refractivity contribution in [1.29, 1.82) is 0 Å². The van der Waals surface area contributed by atoms with Crippen LogP contribution in [-0.2, 0) is 4.79 Å². The van der Waals surface area contributed by atoms with Crippen molar-refractivity contribution < 1.29 is 14.7 Å². The van der Waals surface area contributed by atoms with E-state index in [0.717, 1.165) is 4.47 Å². The highest BCUT2D eigenvalue weighted by atomic mass is 79.9. The van der Waals surface area contributed by atoms with E-state index in [-0.39, 0.29) is 23.6 Å². The fraction of sp³-hybridized carbons (Fsp3) is 0.312. The summed E-state index contributed by atoms with van der Waals surface area (Å²) in [6.45, 7) is 0.678. The van der Waals surface area contributed by atoms with Gasteiger partial charge in [0.1, 0.15) is 5.69 Å². The maximum atomic E-state index is 12.6. The molecule has 120 valence electrons. The van der Waals surface area contributed by atoms with E-state index >= 15 is 0 Å². The van der Waals surface area contributed by atoms with Gasteiger partial charge in [-0.1, -0.05) is 15.9 Å². The predicted octanol–water partition coefficient (Wildman–Crippen LogP) is 2.23. The molecule has 6 nitrogen and oxygen atoms in total. The van der Waals surface area contributed by atoms with E-state index in [2.05, 4.69) is 20.9 Å². The van der Waals surface area contributed by atoms with Crippen molar-refractivity contribution in [3.63, 3.8) is 0 Å². The van der Waals surface area contributed by atoms with Crippen LogP contribution in [0.15, 0.2) is 33.5 Å². The molecule has 1 aliphatic heterocycles. The summed E-state index contributed by atoms with van der Waals surface area (Å²) in [7, 11) is 0. The molecular formula is C16H15BrN2O4. The maximum Gasteiger partial charge on any atom is 0.308 e. The highest BCUT2D eigenvalue weighted by Crippen LogP contribution is 2.20. The SMILES string of the molecule is O=C(O)C1CCCN(C(=O)c2cc(=O)c3cc(Br)ccc3[nH]2)C1. The number of aromatic amines is 1. The molecule has 2 N–H and O–H groups in total. The van der Waals surface area contributed by atoms with Crippen LogP contribution in [0.2, 0.25) is 0 Å². The van der Waals surface area contributed by atoms with Gasteiger partial charge in [-0.2, -0.15) is 0 Å². The number of nitrogens with zero attached hydrogens (tertiary/aromatic N) is 1. The number of amides is 1. The highest BCUT2D eigenvalue weighted by molar-refractivity contribution is 9.10. The number of piperidine rings is 1. The number of likely N-dealkylation sites (tertiary alicyclic amines) is 1. The van der Waals surface area contributed by atoms with Gasteiger partial charge in [0, 0.05) is 34.5 Å². The molecule has 1 aromatic carbocycles. The first-order chi connectivity index (χ1) is 11.0. The van der Waals surface area contributed by atoms with Gasteiger partial charge in [0.15, 0.2) is 5.43 Å². The van der Waals surface area contributed by atoms with Crippen molar-refractivity contribution in [2.24, 2.45) is 5.92 Å². The number of carbonyl (C=O) groups excluding carboxylic acids is 1. The lowest BCUT2D eigenvalue weighted by molar-refractivity contribution is -0.143. The number of pyridine rings is 1. The predicted molar refractivity (Wildman–Crippen MR) is 88.5 cm³/mol. The average Bonchev–Trinajstić information content (AvgIpc) is 2.54. The van der Waals surface area contributed by atoms with Gasteiger partial charge in [-0.3, -0.25) is 14.4 Å². The molecule has 0 spiro atoms. The molecular weight excluding hydrogens is 364 g/mol. The highest BCUT2D eigenvalue weighted by Gasteiger charge is 2.29. The summed E-state index contributed by atoms with van der Waals surface area (Å²) in [5, 5.41) is 9.62. The largest absolute Gasteiger partial charge is 0.481 e. The molecule has 23 heavy (non-hydrogen) atoms. The molecule has 7 heteroatoms. The number of halogens is 1. The Balaban J connectivity index is 1.93. The minimum absolute atomic E-state index is 0.175. The number of benzene rings is 1. The fourth-order valence-electron chi connectivity index (χ4n) is 2.87. The number of carboxylic acids is 1. The smallest absolute Gasteiger partial charge is 0.308 e. The molecule has 1 atom stereocenters. The Hall–Kier alpha value is -2.15. The van der Waals surface area contributed by atoms with Crippen LogP contribution in [0.4, 0.5) is 0 Å². The molecule has 1 aromatic heterocycles. The average molecular weight is 379 g/mol. The normalized spacial score (nSPS) is 18.1. The molecule has 3 rings (SSSR count). The fourth-order valence-corrected chi connectivity index (χ4v) is 3.23. The lowest BCUT2D eigenvalue weighted by atomic mass is 9.98. The first-order valence-corrected chi connectivity index (χ1v) is 8.09. The van der Waals surface area contributed by atoms with Gasteiger partial charge < -0.3 is 15.0 Å². The molecule has 2 heterocycles. The number of rotatable bonds is 2. The molecule has 1 aliphatic rings. The third-order valence-corrected chi connectivity index (χ3v) is 4.57. The minimum atomic E-state index is -0.889. The van der Waals surface area contributed by atoms with Crippen LogP contribution >= 0.6 is 15.9 Å². The molecule has 0 aliphatic carbocycles. The molecule has 1 fully saturated rings. The summed E-state index contributed by atoms with van der Waals surface area (Å²) in [4.78, 5) is 40.4. The topological polar surface area (TPSA) is 90.5 Å². The maximum absolute atomic E-state index is 12.6. The second kappa shape index (κ2) is 6.16. The Morgan fingerprint density at radius 2 is 2.09 bits per heavy atom. The van der Waals surface area contributed by atoms with Crippen LogP contribution in [0, 0.1) is 5.92 Å². The van der Waals surface area contributed by atoms with Crippen LogP contribution in [0.3, 0.4) is 0 Å². The first kappa shape index (κ1) is 15.7. The summed E-state index contributed by atoms with van der Waals surface area (Å²) >= 11 is 3.31. The van der Waals surface area contributed by atoms with Crippen molar-refractivity contribution >= 4 is 38.7 Å². The van der Waals surface area contributed by atoms with E-state index < -0.39 is 11.9 Å². The number of aliphatic carboxylic acids is 1. The van der Waals surface area contributed by atoms with Gasteiger partial charge >= 0.3 is 5.97 Å². The van der Waals surface area contributed by atoms with Gasteiger partial charge in [-0.15, -0.1) is 0 Å². The van der Waals surface area contributed by atoms with Gasteiger partial charge in [0.25, 0.3) is 5.91 Å². The van der Waals surface area contributed by atoms with Gasteiger partial charge in [-0.25, -0.2) is 0 Å². The third kappa shape index (κ3) is 3.14. The van der Waals surface area contributed by atoms with Gasteiger partial charge in [-0.05, 0) is 31.0 Å². The number of carboxylic acid groups (broad SMARTS) is 1. The third-order valence-electron chi connectivity index (χ3n) is 4.08.